The number of hydrogen-bond donors (Lipinski definition) is 1. The van der Waals surface area contributed by atoms with Gasteiger partial charge in [-0.05, 0) is 48.0 Å². The zero-order valence-corrected chi connectivity index (χ0v) is 18.5. The molecule has 1 N–H and O–H groups in total. The molecule has 0 saturated carbocycles. The number of benzene rings is 2. The largest absolute Gasteiger partial charge is 0.507 e. The highest BCUT2D eigenvalue weighted by Gasteiger charge is 2.47. The summed E-state index contributed by atoms with van der Waals surface area (Å²) < 4.78 is 11.1. The molecular formula is C24H16Cl2N2O5. The Balaban J connectivity index is 1.71. The predicted molar refractivity (Wildman–Crippen MR) is 123 cm³/mol. The molecule has 9 heteroatoms. The Morgan fingerprint density at radius 1 is 0.970 bits per heavy atom. The first-order chi connectivity index (χ1) is 16.0. The second-order valence-corrected chi connectivity index (χ2v) is 8.20. The van der Waals surface area contributed by atoms with Crippen LogP contribution in [0.2, 0.25) is 10.0 Å². The van der Waals surface area contributed by atoms with Gasteiger partial charge in [0.25, 0.3) is 5.78 Å². The molecule has 1 aromatic heterocycles. The first kappa shape index (κ1) is 21.3. The highest BCUT2D eigenvalue weighted by Crippen LogP contribution is 2.43. The Bertz CT molecular complexity index is 1310. The number of halogens is 2. The van der Waals surface area contributed by atoms with Gasteiger partial charge in [0, 0.05) is 11.8 Å². The lowest BCUT2D eigenvalue weighted by Crippen LogP contribution is -2.30. The van der Waals surface area contributed by atoms with Gasteiger partial charge >= 0.3 is 5.91 Å². The second kappa shape index (κ2) is 8.42. The van der Waals surface area contributed by atoms with Crippen LogP contribution in [0.4, 0.5) is 5.82 Å². The number of Topliss-reactive ketones (excluding diaryl/α,β-unsaturated/α-hetero) is 1. The minimum Gasteiger partial charge on any atom is -0.507 e. The maximum Gasteiger partial charge on any atom is 0.301 e. The Kier molecular flexibility index (Phi) is 5.44. The lowest BCUT2D eigenvalue weighted by Gasteiger charge is -2.25. The van der Waals surface area contributed by atoms with Crippen LogP contribution < -0.4 is 14.4 Å². The number of carbonyl (C=O) groups is 2. The molecule has 0 radical (unpaired) electrons. The molecule has 0 aliphatic carbocycles. The first-order valence-corrected chi connectivity index (χ1v) is 10.8. The summed E-state index contributed by atoms with van der Waals surface area (Å²) in [6.07, 6.45) is 1.52. The van der Waals surface area contributed by atoms with Crippen molar-refractivity contribution in [3.8, 4) is 11.5 Å². The molecule has 2 aliphatic rings. The van der Waals surface area contributed by atoms with Crippen LogP contribution in [0.5, 0.6) is 11.5 Å². The van der Waals surface area contributed by atoms with Crippen molar-refractivity contribution in [3.63, 3.8) is 0 Å². The molecule has 1 saturated heterocycles. The number of aliphatic hydroxyl groups is 1. The van der Waals surface area contributed by atoms with Gasteiger partial charge in [-0.25, -0.2) is 4.98 Å². The molecule has 3 heterocycles. The number of amides is 1. The summed E-state index contributed by atoms with van der Waals surface area (Å²) in [5, 5.41) is 11.8. The fourth-order valence-electron chi connectivity index (χ4n) is 3.91. The number of hydrogen-bond acceptors (Lipinski definition) is 6. The number of fused-ring (bicyclic) bond motifs is 1. The molecule has 0 spiro atoms. The molecule has 3 aromatic rings. The third kappa shape index (κ3) is 3.69. The highest BCUT2D eigenvalue weighted by molar-refractivity contribution is 6.51. The molecular weight excluding hydrogens is 467 g/mol. The summed E-state index contributed by atoms with van der Waals surface area (Å²) >= 11 is 12.3. The van der Waals surface area contributed by atoms with Crippen molar-refractivity contribution in [1.29, 1.82) is 0 Å². The summed E-state index contributed by atoms with van der Waals surface area (Å²) in [7, 11) is 0. The van der Waals surface area contributed by atoms with Gasteiger partial charge in [0.2, 0.25) is 0 Å². The van der Waals surface area contributed by atoms with Crippen molar-refractivity contribution in [2.75, 3.05) is 18.1 Å². The predicted octanol–water partition coefficient (Wildman–Crippen LogP) is 4.79. The van der Waals surface area contributed by atoms with Crippen LogP contribution in [0, 0.1) is 0 Å². The standard InChI is InChI=1S/C24H16Cl2N2O5/c25-15-6-4-13(11-16(15)26)21-20(23(30)24(31)28(21)19-3-1-2-8-27-19)22(29)14-5-7-17-18(12-14)33-10-9-32-17/h1-8,11-12,21,29H,9-10H2. The maximum absolute atomic E-state index is 13.2. The Labute approximate surface area is 198 Å². The molecule has 1 unspecified atom stereocenters. The number of nitrogens with zero attached hydrogens (tertiary/aromatic N) is 2. The fourth-order valence-corrected chi connectivity index (χ4v) is 4.22. The van der Waals surface area contributed by atoms with E-state index in [1.165, 1.54) is 11.1 Å². The van der Waals surface area contributed by atoms with Crippen LogP contribution >= 0.6 is 23.2 Å². The molecule has 0 bridgehead atoms. The average Bonchev–Trinajstić information content (AvgIpc) is 3.11. The van der Waals surface area contributed by atoms with Crippen LogP contribution in [0.15, 0.2) is 66.4 Å². The SMILES string of the molecule is O=C1C(=O)N(c2ccccn2)C(c2ccc(Cl)c(Cl)c2)C1=C(O)c1ccc2c(c1)OCCO2. The van der Waals surface area contributed by atoms with Crippen molar-refractivity contribution in [1.82, 2.24) is 4.98 Å². The monoisotopic (exact) mass is 482 g/mol. The summed E-state index contributed by atoms with van der Waals surface area (Å²) in [4.78, 5) is 31.8. The quantitative estimate of drug-likeness (QED) is 0.328. The zero-order valence-electron chi connectivity index (χ0n) is 17.0. The number of rotatable bonds is 3. The fraction of sp³-hybridized carbons (Fsp3) is 0.125. The Hall–Kier alpha value is -3.55. The van der Waals surface area contributed by atoms with Crippen LogP contribution in [-0.2, 0) is 9.59 Å². The summed E-state index contributed by atoms with van der Waals surface area (Å²) in [5.74, 6) is -0.771. The molecule has 1 atom stereocenters. The van der Waals surface area contributed by atoms with E-state index in [0.29, 0.717) is 40.9 Å². The highest BCUT2D eigenvalue weighted by atomic mass is 35.5. The van der Waals surface area contributed by atoms with Gasteiger partial charge < -0.3 is 14.6 Å². The average molecular weight is 483 g/mol. The van der Waals surface area contributed by atoms with Gasteiger partial charge in [-0.2, -0.15) is 0 Å². The molecule has 1 fully saturated rings. The van der Waals surface area contributed by atoms with Crippen molar-refractivity contribution in [2.45, 2.75) is 6.04 Å². The van der Waals surface area contributed by atoms with Crippen LogP contribution in [-0.4, -0.2) is 35.0 Å². The number of carbonyl (C=O) groups excluding carboxylic acids is 2. The van der Waals surface area contributed by atoms with E-state index >= 15 is 0 Å². The van der Waals surface area contributed by atoms with E-state index in [-0.39, 0.29) is 22.2 Å². The van der Waals surface area contributed by atoms with Crippen molar-refractivity contribution in [2.24, 2.45) is 0 Å². The van der Waals surface area contributed by atoms with E-state index in [1.54, 1.807) is 54.6 Å². The lowest BCUT2D eigenvalue weighted by molar-refractivity contribution is -0.132. The van der Waals surface area contributed by atoms with Crippen molar-refractivity contribution >= 4 is 46.5 Å². The van der Waals surface area contributed by atoms with Gasteiger partial charge in [-0.1, -0.05) is 35.3 Å². The summed E-state index contributed by atoms with van der Waals surface area (Å²) in [6.45, 7) is 0.787. The topological polar surface area (TPSA) is 89.0 Å². The van der Waals surface area contributed by atoms with Crippen LogP contribution in [0.3, 0.4) is 0 Å². The van der Waals surface area contributed by atoms with Gasteiger partial charge in [0.05, 0.1) is 21.7 Å². The molecule has 166 valence electrons. The summed E-state index contributed by atoms with van der Waals surface area (Å²) in [5.41, 5.74) is 0.706. The van der Waals surface area contributed by atoms with Crippen LogP contribution in [0.25, 0.3) is 5.76 Å². The normalized spacial score (nSPS) is 19.1. The van der Waals surface area contributed by atoms with Gasteiger partial charge in [0.15, 0.2) is 11.5 Å². The molecule has 33 heavy (non-hydrogen) atoms. The number of pyridine rings is 1. The maximum atomic E-state index is 13.2. The molecule has 7 nitrogen and oxygen atoms in total. The van der Waals surface area contributed by atoms with E-state index in [0.717, 1.165) is 0 Å². The van der Waals surface area contributed by atoms with Gasteiger partial charge in [0.1, 0.15) is 24.8 Å². The third-order valence-electron chi connectivity index (χ3n) is 5.42. The molecule has 5 rings (SSSR count). The Morgan fingerprint density at radius 3 is 2.48 bits per heavy atom. The van der Waals surface area contributed by atoms with Gasteiger partial charge in [-0.15, -0.1) is 0 Å². The first-order valence-electron chi connectivity index (χ1n) is 10.0. The number of aliphatic hydroxyl groups excluding tert-OH is 1. The number of aromatic nitrogens is 1. The summed E-state index contributed by atoms with van der Waals surface area (Å²) in [6, 6.07) is 13.6. The molecule has 2 aromatic carbocycles. The van der Waals surface area contributed by atoms with E-state index in [1.807, 2.05) is 0 Å². The smallest absolute Gasteiger partial charge is 0.301 e. The van der Waals surface area contributed by atoms with Gasteiger partial charge in [-0.3, -0.25) is 14.5 Å². The number of ketones is 1. The molecule has 2 aliphatic heterocycles. The van der Waals surface area contributed by atoms with E-state index in [9.17, 15) is 14.7 Å². The van der Waals surface area contributed by atoms with E-state index in [4.69, 9.17) is 32.7 Å². The van der Waals surface area contributed by atoms with Crippen LogP contribution in [0.1, 0.15) is 17.2 Å². The number of ether oxygens (including phenoxy) is 2. The Morgan fingerprint density at radius 2 is 1.76 bits per heavy atom. The van der Waals surface area contributed by atoms with E-state index in [2.05, 4.69) is 4.98 Å². The minimum absolute atomic E-state index is 0.0966. The van der Waals surface area contributed by atoms with E-state index < -0.39 is 17.7 Å². The van der Waals surface area contributed by atoms with Crippen molar-refractivity contribution < 1.29 is 24.2 Å². The minimum atomic E-state index is -0.970. The second-order valence-electron chi connectivity index (χ2n) is 7.39. The molecule has 1 amide bonds. The number of anilines is 1. The lowest BCUT2D eigenvalue weighted by atomic mass is 9.95. The third-order valence-corrected chi connectivity index (χ3v) is 6.15. The zero-order chi connectivity index (χ0) is 23.1. The van der Waals surface area contributed by atoms with Crippen molar-refractivity contribution in [3.05, 3.63) is 87.5 Å².